The molecule has 6 nitrogen and oxygen atoms in total. The summed E-state index contributed by atoms with van der Waals surface area (Å²) in [7, 11) is 0. The number of aliphatic hydroxyl groups is 1. The highest BCUT2D eigenvalue weighted by atomic mass is 35.5. The summed E-state index contributed by atoms with van der Waals surface area (Å²) in [4.78, 5) is 14.2. The molecule has 106 valence electrons. The molecular formula is C12H18ClN3O3. The molecular weight excluding hydrogens is 270 g/mol. The molecule has 0 aliphatic rings. The van der Waals surface area contributed by atoms with E-state index in [4.69, 9.17) is 16.7 Å². The van der Waals surface area contributed by atoms with E-state index in [1.165, 1.54) is 12.1 Å². The van der Waals surface area contributed by atoms with Crippen molar-refractivity contribution in [2.24, 2.45) is 5.41 Å². The molecule has 0 aliphatic heterocycles. The Bertz CT molecular complexity index is 452. The Hall–Kier alpha value is -1.40. The Labute approximate surface area is 117 Å². The monoisotopic (exact) mass is 287 g/mol. The van der Waals surface area contributed by atoms with Gasteiger partial charge in [-0.25, -0.2) is 4.98 Å². The van der Waals surface area contributed by atoms with Gasteiger partial charge in [-0.05, 0) is 18.3 Å². The fourth-order valence-electron chi connectivity index (χ4n) is 1.66. The number of hydrogen-bond donors (Lipinski definition) is 2. The summed E-state index contributed by atoms with van der Waals surface area (Å²) in [5, 5.41) is 22.7. The second-order valence-electron chi connectivity index (χ2n) is 5.14. The van der Waals surface area contributed by atoms with Crippen LogP contribution in [0, 0.1) is 15.5 Å². The first-order valence-corrected chi connectivity index (χ1v) is 6.38. The number of pyridine rings is 1. The third-order valence-corrected chi connectivity index (χ3v) is 2.94. The predicted molar refractivity (Wildman–Crippen MR) is 74.5 cm³/mol. The van der Waals surface area contributed by atoms with Crippen molar-refractivity contribution >= 4 is 23.1 Å². The summed E-state index contributed by atoms with van der Waals surface area (Å²) in [6.07, 6.45) is 1.57. The highest BCUT2D eigenvalue weighted by Crippen LogP contribution is 2.25. The normalized spacial score (nSPS) is 11.4. The number of halogens is 1. The van der Waals surface area contributed by atoms with Gasteiger partial charge in [0.15, 0.2) is 0 Å². The molecule has 0 amide bonds. The van der Waals surface area contributed by atoms with Crippen LogP contribution in [-0.4, -0.2) is 28.2 Å². The average molecular weight is 288 g/mol. The fraction of sp³-hybridized carbons (Fsp3) is 0.583. The van der Waals surface area contributed by atoms with Crippen molar-refractivity contribution in [1.82, 2.24) is 4.98 Å². The second-order valence-corrected chi connectivity index (χ2v) is 5.52. The summed E-state index contributed by atoms with van der Waals surface area (Å²) in [5.41, 5.74) is -0.128. The molecule has 0 aromatic carbocycles. The Morgan fingerprint density at radius 2 is 2.21 bits per heavy atom. The van der Waals surface area contributed by atoms with Gasteiger partial charge in [-0.1, -0.05) is 25.4 Å². The molecule has 0 spiro atoms. The lowest BCUT2D eigenvalue weighted by Crippen LogP contribution is -2.23. The van der Waals surface area contributed by atoms with Gasteiger partial charge in [-0.15, -0.1) is 0 Å². The quantitative estimate of drug-likeness (QED) is 0.457. The van der Waals surface area contributed by atoms with Gasteiger partial charge >= 0.3 is 0 Å². The van der Waals surface area contributed by atoms with Crippen LogP contribution in [0.5, 0.6) is 0 Å². The number of aromatic nitrogens is 1. The summed E-state index contributed by atoms with van der Waals surface area (Å²) < 4.78 is 0. The molecule has 0 bridgehead atoms. The molecule has 0 saturated heterocycles. The molecule has 2 N–H and O–H groups in total. The Morgan fingerprint density at radius 1 is 1.53 bits per heavy atom. The molecule has 0 fully saturated rings. The molecule has 1 aromatic rings. The van der Waals surface area contributed by atoms with E-state index in [9.17, 15) is 10.1 Å². The third kappa shape index (κ3) is 5.40. The smallest absolute Gasteiger partial charge is 0.276 e. The largest absolute Gasteiger partial charge is 0.396 e. The van der Waals surface area contributed by atoms with Gasteiger partial charge in [0.25, 0.3) is 5.69 Å². The zero-order valence-electron chi connectivity index (χ0n) is 11.0. The first-order valence-electron chi connectivity index (χ1n) is 6.01. The molecule has 0 radical (unpaired) electrons. The molecule has 1 rings (SSSR count). The maximum atomic E-state index is 10.7. The lowest BCUT2D eigenvalue weighted by molar-refractivity contribution is -0.384. The summed E-state index contributed by atoms with van der Waals surface area (Å²) in [6, 6.07) is 2.57. The van der Waals surface area contributed by atoms with Crippen LogP contribution in [0.4, 0.5) is 11.5 Å². The van der Waals surface area contributed by atoms with Gasteiger partial charge < -0.3 is 10.4 Å². The van der Waals surface area contributed by atoms with Crippen molar-refractivity contribution in [2.45, 2.75) is 26.7 Å². The van der Waals surface area contributed by atoms with E-state index < -0.39 is 4.92 Å². The molecule has 0 atom stereocenters. The zero-order valence-corrected chi connectivity index (χ0v) is 11.8. The number of rotatable bonds is 7. The molecule has 0 unspecified atom stereocenters. The summed E-state index contributed by atoms with van der Waals surface area (Å²) in [5.74, 6) is 0.385. The SMILES string of the molecule is CC(C)(CCCO)CNc1cc([N+](=O)[O-])cc(Cl)n1. The minimum absolute atomic E-state index is 0.0402. The van der Waals surface area contributed by atoms with E-state index in [1.807, 2.05) is 0 Å². The lowest BCUT2D eigenvalue weighted by atomic mass is 9.88. The van der Waals surface area contributed by atoms with Crippen molar-refractivity contribution in [2.75, 3.05) is 18.5 Å². The van der Waals surface area contributed by atoms with E-state index in [0.29, 0.717) is 12.4 Å². The van der Waals surface area contributed by atoms with Crippen molar-refractivity contribution in [3.63, 3.8) is 0 Å². The van der Waals surface area contributed by atoms with Crippen LogP contribution in [0.2, 0.25) is 5.15 Å². The van der Waals surface area contributed by atoms with Crippen LogP contribution in [-0.2, 0) is 0 Å². The van der Waals surface area contributed by atoms with E-state index >= 15 is 0 Å². The second kappa shape index (κ2) is 6.68. The number of aliphatic hydroxyl groups excluding tert-OH is 1. The van der Waals surface area contributed by atoms with E-state index in [1.54, 1.807) is 0 Å². The minimum atomic E-state index is -0.504. The number of nitrogens with zero attached hydrogens (tertiary/aromatic N) is 2. The topological polar surface area (TPSA) is 88.3 Å². The maximum Gasteiger partial charge on any atom is 0.276 e. The average Bonchev–Trinajstić information content (AvgIpc) is 2.33. The highest BCUT2D eigenvalue weighted by molar-refractivity contribution is 6.29. The molecule has 0 aliphatic carbocycles. The number of anilines is 1. The van der Waals surface area contributed by atoms with Crippen molar-refractivity contribution in [1.29, 1.82) is 0 Å². The number of nitrogens with one attached hydrogen (secondary N) is 1. The highest BCUT2D eigenvalue weighted by Gasteiger charge is 2.18. The van der Waals surface area contributed by atoms with E-state index in [0.717, 1.165) is 12.8 Å². The molecule has 1 heterocycles. The van der Waals surface area contributed by atoms with Crippen molar-refractivity contribution in [3.8, 4) is 0 Å². The zero-order chi connectivity index (χ0) is 14.5. The van der Waals surface area contributed by atoms with Gasteiger partial charge in [-0.2, -0.15) is 0 Å². The Kier molecular flexibility index (Phi) is 5.50. The molecule has 0 saturated carbocycles. The van der Waals surface area contributed by atoms with Crippen molar-refractivity contribution < 1.29 is 10.0 Å². The summed E-state index contributed by atoms with van der Waals surface area (Å²) in [6.45, 7) is 4.85. The number of nitro groups is 1. The van der Waals surface area contributed by atoms with Gasteiger partial charge in [-0.3, -0.25) is 10.1 Å². The van der Waals surface area contributed by atoms with Crippen LogP contribution in [0.25, 0.3) is 0 Å². The number of hydrogen-bond acceptors (Lipinski definition) is 5. The van der Waals surface area contributed by atoms with Gasteiger partial charge in [0.1, 0.15) is 11.0 Å². The molecule has 1 aromatic heterocycles. The first kappa shape index (κ1) is 15.7. The van der Waals surface area contributed by atoms with E-state index in [-0.39, 0.29) is 22.9 Å². The van der Waals surface area contributed by atoms with Gasteiger partial charge in [0, 0.05) is 13.2 Å². The Morgan fingerprint density at radius 3 is 2.79 bits per heavy atom. The predicted octanol–water partition coefficient (Wildman–Crippen LogP) is 2.85. The molecule has 19 heavy (non-hydrogen) atoms. The van der Waals surface area contributed by atoms with Crippen molar-refractivity contribution in [3.05, 3.63) is 27.4 Å². The molecule has 7 heteroatoms. The summed E-state index contributed by atoms with van der Waals surface area (Å²) >= 11 is 5.74. The van der Waals surface area contributed by atoms with Crippen LogP contribution < -0.4 is 5.32 Å². The maximum absolute atomic E-state index is 10.7. The van der Waals surface area contributed by atoms with Crippen LogP contribution in [0.1, 0.15) is 26.7 Å². The minimum Gasteiger partial charge on any atom is -0.396 e. The van der Waals surface area contributed by atoms with Gasteiger partial charge in [0.2, 0.25) is 0 Å². The van der Waals surface area contributed by atoms with Gasteiger partial charge in [0.05, 0.1) is 17.1 Å². The standard InChI is InChI=1S/C12H18ClN3O3/c1-12(2,4-3-5-17)8-14-11-7-9(16(18)19)6-10(13)15-11/h6-7,17H,3-5,8H2,1-2H3,(H,14,15). The van der Waals surface area contributed by atoms with E-state index in [2.05, 4.69) is 24.1 Å². The van der Waals surface area contributed by atoms with Crippen LogP contribution in [0.15, 0.2) is 12.1 Å². The van der Waals surface area contributed by atoms with Crippen LogP contribution in [0.3, 0.4) is 0 Å². The Balaban J connectivity index is 2.69. The third-order valence-electron chi connectivity index (χ3n) is 2.75. The first-order chi connectivity index (χ1) is 8.84. The lowest BCUT2D eigenvalue weighted by Gasteiger charge is -2.24. The fourth-order valence-corrected chi connectivity index (χ4v) is 1.86. The van der Waals surface area contributed by atoms with Crippen LogP contribution >= 0.6 is 11.6 Å².